The van der Waals surface area contributed by atoms with Gasteiger partial charge in [0.2, 0.25) is 0 Å². The van der Waals surface area contributed by atoms with Crippen molar-refractivity contribution in [1.82, 2.24) is 0 Å². The third kappa shape index (κ3) is 3.63. The Kier molecular flexibility index (Phi) is 5.22. The molecule has 1 unspecified atom stereocenters. The zero-order valence-corrected chi connectivity index (χ0v) is 16.3. The van der Waals surface area contributed by atoms with Crippen molar-refractivity contribution < 1.29 is 14.7 Å². The Morgan fingerprint density at radius 3 is 2.33 bits per heavy atom. The van der Waals surface area contributed by atoms with E-state index in [1.54, 1.807) is 25.1 Å². The fraction of sp³-hybridized carbons (Fsp3) is 0.0833. The number of aryl methyl sites for hydroxylation is 1. The van der Waals surface area contributed by atoms with Gasteiger partial charge in [-0.25, -0.2) is 4.79 Å². The number of carbonyl (C=O) groups excluding carboxylic acids is 1. The SMILES string of the molecule is Cc1cccc(/N=C/C2C(=O)N(c3ccccc3)N=C2c2ccccc2)c1C(=O)O. The maximum Gasteiger partial charge on any atom is 0.338 e. The summed E-state index contributed by atoms with van der Waals surface area (Å²) in [5.41, 5.74) is 3.07. The molecule has 0 fully saturated rings. The summed E-state index contributed by atoms with van der Waals surface area (Å²) in [6.07, 6.45) is 1.48. The van der Waals surface area contributed by atoms with Crippen LogP contribution in [-0.2, 0) is 4.79 Å². The largest absolute Gasteiger partial charge is 0.478 e. The molecule has 1 aliphatic rings. The van der Waals surface area contributed by atoms with Crippen LogP contribution in [0.1, 0.15) is 21.5 Å². The lowest BCUT2D eigenvalue weighted by molar-refractivity contribution is -0.118. The van der Waals surface area contributed by atoms with E-state index >= 15 is 0 Å². The van der Waals surface area contributed by atoms with Crippen molar-refractivity contribution in [1.29, 1.82) is 0 Å². The van der Waals surface area contributed by atoms with Crippen LogP contribution in [0, 0.1) is 12.8 Å². The van der Waals surface area contributed by atoms with Gasteiger partial charge in [0.1, 0.15) is 5.92 Å². The van der Waals surface area contributed by atoms with Gasteiger partial charge < -0.3 is 5.11 Å². The van der Waals surface area contributed by atoms with Crippen molar-refractivity contribution >= 4 is 35.2 Å². The number of carboxylic acids is 1. The summed E-state index contributed by atoms with van der Waals surface area (Å²) in [4.78, 5) is 29.2. The topological polar surface area (TPSA) is 82.3 Å². The third-order valence-electron chi connectivity index (χ3n) is 4.87. The number of hydrogen-bond acceptors (Lipinski definition) is 4. The molecule has 0 bridgehead atoms. The first-order valence-electron chi connectivity index (χ1n) is 9.46. The minimum Gasteiger partial charge on any atom is -0.478 e. The van der Waals surface area contributed by atoms with Crippen molar-refractivity contribution in [3.8, 4) is 0 Å². The standard InChI is InChI=1S/C24H19N3O3/c1-16-9-8-14-20(21(16)24(29)30)25-15-19-22(17-10-4-2-5-11-17)26-27(23(19)28)18-12-6-3-7-13-18/h2-15,19H,1H3,(H,29,30)/b25-15+. The summed E-state index contributed by atoms with van der Waals surface area (Å²) in [7, 11) is 0. The van der Waals surface area contributed by atoms with Gasteiger partial charge in [0.25, 0.3) is 5.91 Å². The Labute approximate surface area is 173 Å². The first-order chi connectivity index (χ1) is 14.6. The van der Waals surface area contributed by atoms with E-state index in [0.717, 1.165) is 5.56 Å². The van der Waals surface area contributed by atoms with Crippen molar-refractivity contribution in [2.24, 2.45) is 16.0 Å². The normalized spacial score (nSPS) is 16.2. The van der Waals surface area contributed by atoms with Crippen LogP contribution in [0.2, 0.25) is 0 Å². The van der Waals surface area contributed by atoms with Gasteiger partial charge >= 0.3 is 5.97 Å². The van der Waals surface area contributed by atoms with Crippen LogP contribution in [-0.4, -0.2) is 28.9 Å². The number of hydrazone groups is 1. The van der Waals surface area contributed by atoms with E-state index in [1.807, 2.05) is 60.7 Å². The van der Waals surface area contributed by atoms with E-state index in [-0.39, 0.29) is 11.5 Å². The van der Waals surface area contributed by atoms with Crippen LogP contribution in [0.5, 0.6) is 0 Å². The number of aromatic carboxylic acids is 1. The predicted molar refractivity (Wildman–Crippen MR) is 117 cm³/mol. The minimum atomic E-state index is -1.05. The molecule has 4 rings (SSSR count). The molecule has 0 spiro atoms. The molecule has 6 nitrogen and oxygen atoms in total. The molecule has 3 aromatic carbocycles. The molecule has 3 aromatic rings. The number of para-hydroxylation sites is 1. The second-order valence-electron chi connectivity index (χ2n) is 6.87. The van der Waals surface area contributed by atoms with E-state index in [2.05, 4.69) is 10.1 Å². The predicted octanol–water partition coefficient (Wildman–Crippen LogP) is 4.46. The smallest absolute Gasteiger partial charge is 0.338 e. The van der Waals surface area contributed by atoms with Crippen molar-refractivity contribution in [2.75, 3.05) is 5.01 Å². The van der Waals surface area contributed by atoms with Crippen LogP contribution >= 0.6 is 0 Å². The third-order valence-corrected chi connectivity index (χ3v) is 4.87. The van der Waals surface area contributed by atoms with Crippen LogP contribution in [0.3, 0.4) is 0 Å². The van der Waals surface area contributed by atoms with Crippen LogP contribution in [0.4, 0.5) is 11.4 Å². The molecule has 30 heavy (non-hydrogen) atoms. The zero-order valence-electron chi connectivity index (χ0n) is 16.3. The number of amides is 1. The number of hydrogen-bond donors (Lipinski definition) is 1. The fourth-order valence-corrected chi connectivity index (χ4v) is 3.40. The average molecular weight is 397 g/mol. The summed E-state index contributed by atoms with van der Waals surface area (Å²) in [6.45, 7) is 1.72. The molecule has 1 amide bonds. The maximum absolute atomic E-state index is 13.2. The highest BCUT2D eigenvalue weighted by Gasteiger charge is 2.36. The second kappa shape index (κ2) is 8.13. The lowest BCUT2D eigenvalue weighted by atomic mass is 9.97. The zero-order chi connectivity index (χ0) is 21.1. The van der Waals surface area contributed by atoms with Gasteiger partial charge in [-0.05, 0) is 36.2 Å². The van der Waals surface area contributed by atoms with Gasteiger partial charge in [0.05, 0.1) is 22.6 Å². The van der Waals surface area contributed by atoms with E-state index in [9.17, 15) is 14.7 Å². The van der Waals surface area contributed by atoms with Crippen LogP contribution in [0.25, 0.3) is 0 Å². The molecular formula is C24H19N3O3. The van der Waals surface area contributed by atoms with E-state index in [1.165, 1.54) is 11.2 Å². The number of carbonyl (C=O) groups is 2. The molecule has 1 aliphatic heterocycles. The monoisotopic (exact) mass is 397 g/mol. The quantitative estimate of drug-likeness (QED) is 0.645. The second-order valence-corrected chi connectivity index (χ2v) is 6.87. The fourth-order valence-electron chi connectivity index (χ4n) is 3.40. The first kappa shape index (κ1) is 19.3. The van der Waals surface area contributed by atoms with Crippen molar-refractivity contribution in [2.45, 2.75) is 6.92 Å². The Balaban J connectivity index is 1.76. The van der Waals surface area contributed by atoms with E-state index < -0.39 is 11.9 Å². The molecule has 0 saturated heterocycles. The number of rotatable bonds is 5. The Morgan fingerprint density at radius 2 is 1.67 bits per heavy atom. The molecule has 1 N–H and O–H groups in total. The van der Waals surface area contributed by atoms with Crippen molar-refractivity contribution in [3.05, 3.63) is 95.6 Å². The van der Waals surface area contributed by atoms with E-state index in [4.69, 9.17) is 0 Å². The minimum absolute atomic E-state index is 0.123. The molecular weight excluding hydrogens is 378 g/mol. The van der Waals surface area contributed by atoms with Crippen LogP contribution in [0.15, 0.2) is 89.0 Å². The molecule has 0 saturated carbocycles. The molecule has 0 radical (unpaired) electrons. The Morgan fingerprint density at radius 1 is 1.00 bits per heavy atom. The molecule has 6 heteroatoms. The van der Waals surface area contributed by atoms with Crippen molar-refractivity contribution in [3.63, 3.8) is 0 Å². The molecule has 0 aliphatic carbocycles. The number of benzene rings is 3. The summed E-state index contributed by atoms with van der Waals surface area (Å²) in [5, 5.41) is 15.5. The average Bonchev–Trinajstić information content (AvgIpc) is 3.09. The summed E-state index contributed by atoms with van der Waals surface area (Å²) < 4.78 is 0. The van der Waals surface area contributed by atoms with Gasteiger partial charge in [-0.15, -0.1) is 0 Å². The van der Waals surface area contributed by atoms with Gasteiger partial charge in [-0.2, -0.15) is 10.1 Å². The maximum atomic E-state index is 13.2. The highest BCUT2D eigenvalue weighted by atomic mass is 16.4. The summed E-state index contributed by atoms with van der Waals surface area (Å²) in [6, 6.07) is 23.7. The highest BCUT2D eigenvalue weighted by Crippen LogP contribution is 2.28. The first-order valence-corrected chi connectivity index (χ1v) is 9.46. The lowest BCUT2D eigenvalue weighted by Gasteiger charge is -2.12. The van der Waals surface area contributed by atoms with Gasteiger partial charge in [-0.3, -0.25) is 9.79 Å². The molecule has 1 atom stereocenters. The summed E-state index contributed by atoms with van der Waals surface area (Å²) in [5.74, 6) is -2.02. The Hall–Kier alpha value is -4.06. The molecule has 148 valence electrons. The number of carboxylic acid groups (broad SMARTS) is 1. The summed E-state index contributed by atoms with van der Waals surface area (Å²) >= 11 is 0. The molecule has 1 heterocycles. The van der Waals surface area contributed by atoms with E-state index in [0.29, 0.717) is 22.6 Å². The number of aliphatic imine (C=N–C) groups is 1. The molecule has 0 aromatic heterocycles. The van der Waals surface area contributed by atoms with Crippen LogP contribution < -0.4 is 5.01 Å². The Bertz CT molecular complexity index is 1150. The van der Waals surface area contributed by atoms with Gasteiger partial charge in [0, 0.05) is 6.21 Å². The number of anilines is 1. The van der Waals surface area contributed by atoms with Gasteiger partial charge in [0.15, 0.2) is 0 Å². The van der Waals surface area contributed by atoms with Gasteiger partial charge in [-0.1, -0.05) is 60.7 Å². The lowest BCUT2D eigenvalue weighted by Crippen LogP contribution is -2.28. The number of nitrogens with zero attached hydrogens (tertiary/aromatic N) is 3. The highest BCUT2D eigenvalue weighted by molar-refractivity contribution is 6.29.